The zero-order valence-electron chi connectivity index (χ0n) is 30.4. The number of benzene rings is 5. The second-order valence-electron chi connectivity index (χ2n) is 13.4. The topological polar surface area (TPSA) is 72.5 Å². The van der Waals surface area contributed by atoms with Gasteiger partial charge < -0.3 is 28.4 Å². The molecule has 0 saturated carbocycles. The van der Waals surface area contributed by atoms with E-state index in [2.05, 4.69) is 15.9 Å². The normalized spacial score (nSPS) is 20.5. The lowest BCUT2D eigenvalue weighted by molar-refractivity contribution is -0.289. The number of hydrogen-bond donors (Lipinski definition) is 0. The van der Waals surface area contributed by atoms with Crippen LogP contribution in [0.1, 0.15) is 52.0 Å². The Morgan fingerprint density at radius 1 is 0.623 bits per heavy atom. The Balaban J connectivity index is 1.43. The molecule has 0 spiro atoms. The van der Waals surface area contributed by atoms with Crippen molar-refractivity contribution < 1.29 is 33.2 Å². The molecule has 0 bridgehead atoms. The van der Waals surface area contributed by atoms with Crippen LogP contribution in [0.5, 0.6) is 0 Å². The molecule has 1 saturated heterocycles. The zero-order chi connectivity index (χ0) is 37.0. The van der Waals surface area contributed by atoms with Gasteiger partial charge in [0.1, 0.15) is 30.5 Å². The van der Waals surface area contributed by atoms with Crippen LogP contribution in [0.2, 0.25) is 0 Å². The molecular weight excluding hydrogens is 732 g/mol. The minimum absolute atomic E-state index is 0.201. The Morgan fingerprint density at radius 2 is 1.04 bits per heavy atom. The molecule has 0 aromatic heterocycles. The van der Waals surface area contributed by atoms with Crippen LogP contribution in [0.15, 0.2) is 138 Å². The van der Waals surface area contributed by atoms with Crippen LogP contribution >= 0.6 is 15.9 Å². The van der Waals surface area contributed by atoms with E-state index in [1.165, 1.54) is 6.92 Å². The first-order chi connectivity index (χ1) is 25.9. The minimum atomic E-state index is -0.823. The van der Waals surface area contributed by atoms with Crippen LogP contribution in [-0.4, -0.2) is 43.1 Å². The maximum absolute atomic E-state index is 13.0. The molecule has 0 N–H and O–H groups in total. The van der Waals surface area contributed by atoms with Crippen LogP contribution in [0.25, 0.3) is 0 Å². The van der Waals surface area contributed by atoms with Gasteiger partial charge in [0.25, 0.3) is 0 Å². The first-order valence-corrected chi connectivity index (χ1v) is 18.8. The third-order valence-electron chi connectivity index (χ3n) is 9.35. The molecule has 1 heterocycles. The molecule has 3 unspecified atom stereocenters. The molecule has 0 radical (unpaired) electrons. The van der Waals surface area contributed by atoms with Gasteiger partial charge >= 0.3 is 5.97 Å². The van der Waals surface area contributed by atoms with Crippen LogP contribution < -0.4 is 0 Å². The summed E-state index contributed by atoms with van der Waals surface area (Å²) >= 11 is 3.64. The summed E-state index contributed by atoms with van der Waals surface area (Å²) in [5.41, 5.74) is 6.82. The molecule has 276 valence electrons. The van der Waals surface area contributed by atoms with Gasteiger partial charge in [0, 0.05) is 17.0 Å². The van der Waals surface area contributed by atoms with E-state index in [0.29, 0.717) is 19.8 Å². The first-order valence-electron chi connectivity index (χ1n) is 18.0. The second kappa shape index (κ2) is 19.3. The summed E-state index contributed by atoms with van der Waals surface area (Å²) in [6, 6.07) is 44.2. The predicted octanol–water partition coefficient (Wildman–Crippen LogP) is 9.41. The standard InChI is InChI=1S/C45H47BrO7/c1-31-24-38(46)25-32(2)40(31)42(52-33(3)47)45-44(51-29-37-22-14-7-15-23-37)43(50-28-36-20-12-6-13-21-36)41(49-27-35-18-10-5-11-19-35)39(53-45)30-48-26-34-16-8-4-9-17-34/h4-25,39,41-45H,26-30H2,1-3H3/t39?,41-,42+,43?,44?,45-/m1/s1. The Bertz CT molecular complexity index is 1830. The van der Waals surface area contributed by atoms with Gasteiger partial charge in [-0.15, -0.1) is 0 Å². The number of halogens is 1. The highest BCUT2D eigenvalue weighted by atomic mass is 79.9. The molecule has 5 aromatic rings. The summed E-state index contributed by atoms with van der Waals surface area (Å²) in [5, 5.41) is 0. The van der Waals surface area contributed by atoms with Gasteiger partial charge in [-0.25, -0.2) is 0 Å². The Morgan fingerprint density at radius 3 is 1.49 bits per heavy atom. The molecular formula is C45H47BrO7. The van der Waals surface area contributed by atoms with Crippen molar-refractivity contribution in [2.75, 3.05) is 6.61 Å². The fraction of sp³-hybridized carbons (Fsp3) is 0.311. The molecule has 5 aromatic carbocycles. The number of rotatable bonds is 16. The third kappa shape index (κ3) is 10.7. The summed E-state index contributed by atoms with van der Waals surface area (Å²) in [6.45, 7) is 6.95. The SMILES string of the molecule is CC(=O)O[C@@H](c1c(C)cc(Br)cc1C)[C@H]1OC(COCc2ccccc2)[C@@H](OCc2ccccc2)C(OCc2ccccc2)C1OCc1ccccc1. The molecule has 8 heteroatoms. The van der Waals surface area contributed by atoms with Gasteiger partial charge in [-0.05, 0) is 59.4 Å². The van der Waals surface area contributed by atoms with Crippen molar-refractivity contribution in [1.82, 2.24) is 0 Å². The van der Waals surface area contributed by atoms with E-state index in [4.69, 9.17) is 28.4 Å². The van der Waals surface area contributed by atoms with Crippen LogP contribution in [0, 0.1) is 13.8 Å². The van der Waals surface area contributed by atoms with Crippen LogP contribution in [0.4, 0.5) is 0 Å². The fourth-order valence-corrected chi connectivity index (χ4v) is 7.60. The van der Waals surface area contributed by atoms with E-state index in [9.17, 15) is 4.79 Å². The molecule has 53 heavy (non-hydrogen) atoms. The number of carbonyl (C=O) groups excluding carboxylic acids is 1. The van der Waals surface area contributed by atoms with Crippen molar-refractivity contribution in [2.24, 2.45) is 0 Å². The molecule has 0 aliphatic carbocycles. The van der Waals surface area contributed by atoms with Crippen LogP contribution in [-0.2, 0) is 59.6 Å². The lowest BCUT2D eigenvalue weighted by Gasteiger charge is -2.48. The summed E-state index contributed by atoms with van der Waals surface area (Å²) in [7, 11) is 0. The van der Waals surface area contributed by atoms with Crippen molar-refractivity contribution in [3.8, 4) is 0 Å². The fourth-order valence-electron chi connectivity index (χ4n) is 6.91. The highest BCUT2D eigenvalue weighted by Gasteiger charge is 2.52. The van der Waals surface area contributed by atoms with E-state index in [-0.39, 0.29) is 13.2 Å². The highest BCUT2D eigenvalue weighted by Crippen LogP contribution is 2.40. The van der Waals surface area contributed by atoms with Gasteiger partial charge in [-0.2, -0.15) is 0 Å². The Kier molecular flexibility index (Phi) is 14.0. The molecule has 1 fully saturated rings. The summed E-state index contributed by atoms with van der Waals surface area (Å²) < 4.78 is 41.4. The molecule has 7 nitrogen and oxygen atoms in total. The van der Waals surface area contributed by atoms with E-state index in [0.717, 1.165) is 43.4 Å². The Labute approximate surface area is 321 Å². The number of ether oxygens (including phenoxy) is 6. The smallest absolute Gasteiger partial charge is 0.303 e. The molecule has 6 atom stereocenters. The molecule has 1 aliphatic rings. The van der Waals surface area contributed by atoms with Crippen LogP contribution in [0.3, 0.4) is 0 Å². The quantitative estimate of drug-likeness (QED) is 0.0925. The Hall–Kier alpha value is -4.15. The van der Waals surface area contributed by atoms with E-state index in [1.807, 2.05) is 147 Å². The van der Waals surface area contributed by atoms with Crippen molar-refractivity contribution in [3.63, 3.8) is 0 Å². The summed E-state index contributed by atoms with van der Waals surface area (Å²) in [5.74, 6) is -0.428. The maximum atomic E-state index is 13.0. The summed E-state index contributed by atoms with van der Waals surface area (Å²) in [4.78, 5) is 13.0. The average molecular weight is 780 g/mol. The van der Waals surface area contributed by atoms with E-state index >= 15 is 0 Å². The number of esters is 1. The summed E-state index contributed by atoms with van der Waals surface area (Å²) in [6.07, 6.45) is -4.21. The molecule has 1 aliphatic heterocycles. The number of carbonyl (C=O) groups is 1. The zero-order valence-corrected chi connectivity index (χ0v) is 32.0. The van der Waals surface area contributed by atoms with Gasteiger partial charge in [-0.1, -0.05) is 137 Å². The van der Waals surface area contributed by atoms with Gasteiger partial charge in [-0.3, -0.25) is 4.79 Å². The average Bonchev–Trinajstić information content (AvgIpc) is 3.16. The largest absolute Gasteiger partial charge is 0.455 e. The predicted molar refractivity (Wildman–Crippen MR) is 208 cm³/mol. The lowest BCUT2D eigenvalue weighted by Crippen LogP contribution is -2.62. The first kappa shape index (κ1) is 38.6. The second-order valence-corrected chi connectivity index (χ2v) is 14.3. The van der Waals surface area contributed by atoms with Crippen molar-refractivity contribution in [2.45, 2.75) is 83.8 Å². The van der Waals surface area contributed by atoms with E-state index < -0.39 is 42.6 Å². The maximum Gasteiger partial charge on any atom is 0.303 e. The van der Waals surface area contributed by atoms with Gasteiger partial charge in [0.05, 0.1) is 33.0 Å². The minimum Gasteiger partial charge on any atom is -0.455 e. The van der Waals surface area contributed by atoms with Crippen molar-refractivity contribution >= 4 is 21.9 Å². The molecule has 0 amide bonds. The van der Waals surface area contributed by atoms with Gasteiger partial charge in [0.2, 0.25) is 0 Å². The van der Waals surface area contributed by atoms with Gasteiger partial charge in [0.15, 0.2) is 6.10 Å². The lowest BCUT2D eigenvalue weighted by atomic mass is 9.86. The van der Waals surface area contributed by atoms with Crippen molar-refractivity contribution in [3.05, 3.63) is 177 Å². The highest BCUT2D eigenvalue weighted by molar-refractivity contribution is 9.10. The monoisotopic (exact) mass is 778 g/mol. The molecule has 6 rings (SSSR count). The third-order valence-corrected chi connectivity index (χ3v) is 9.81. The number of aryl methyl sites for hydroxylation is 2. The number of hydrogen-bond acceptors (Lipinski definition) is 7. The van der Waals surface area contributed by atoms with Crippen molar-refractivity contribution in [1.29, 1.82) is 0 Å². The van der Waals surface area contributed by atoms with E-state index in [1.54, 1.807) is 0 Å².